The van der Waals surface area contributed by atoms with Crippen molar-refractivity contribution in [2.75, 3.05) is 6.54 Å². The number of hydrogen-bond donors (Lipinski definition) is 3. The van der Waals surface area contributed by atoms with E-state index in [9.17, 15) is 18.7 Å². The van der Waals surface area contributed by atoms with Crippen LogP contribution in [0.4, 0.5) is 8.78 Å². The van der Waals surface area contributed by atoms with Crippen LogP contribution in [0.1, 0.15) is 92.5 Å². The first-order valence-corrected chi connectivity index (χ1v) is 12.4. The minimum absolute atomic E-state index is 0.0750. The molecule has 0 spiro atoms. The van der Waals surface area contributed by atoms with Crippen LogP contribution in [0.3, 0.4) is 0 Å². The fraction of sp³-hybridized carbons (Fsp3) is 0.652. The lowest BCUT2D eigenvalue weighted by Crippen LogP contribution is -2.38. The number of aliphatic hydroxyl groups excluding tert-OH is 1. The van der Waals surface area contributed by atoms with Crippen molar-refractivity contribution >= 4 is 11.7 Å². The molecule has 5 rings (SSSR count). The number of alkyl halides is 2. The standard InChI is InChI=1S/C23H31F2N9O2/c1-13(2)34-20(27-12-29-34)21(36)32-19(14-3-6-23(24,25)7-4-14)18-11-33-22(31-18)30-17(10-28-33)16-9-15(35)5-8-26-16/h10-16,19,26,35H,3-9H2,1-2H3,(H,32,36)/t15-,16-,19-/m0/s1. The molecule has 1 aliphatic heterocycles. The van der Waals surface area contributed by atoms with Crippen LogP contribution in [0.25, 0.3) is 5.78 Å². The summed E-state index contributed by atoms with van der Waals surface area (Å²) in [6, 6.07) is -0.827. The Morgan fingerprint density at radius 3 is 2.72 bits per heavy atom. The summed E-state index contributed by atoms with van der Waals surface area (Å²) in [7, 11) is 0. The SMILES string of the molecule is CC(C)n1ncnc1C(=O)N[C@H](c1cn2ncc([C@@H]3C[C@@H](O)CCN3)nc2n1)C1CCC(F)(F)CC1. The van der Waals surface area contributed by atoms with E-state index in [4.69, 9.17) is 0 Å². The molecule has 0 radical (unpaired) electrons. The van der Waals surface area contributed by atoms with Crippen molar-refractivity contribution in [3.05, 3.63) is 35.9 Å². The Morgan fingerprint density at radius 2 is 2.00 bits per heavy atom. The molecule has 1 saturated carbocycles. The van der Waals surface area contributed by atoms with Gasteiger partial charge in [-0.3, -0.25) is 4.79 Å². The topological polar surface area (TPSA) is 135 Å². The van der Waals surface area contributed by atoms with Gasteiger partial charge in [0.05, 0.1) is 42.0 Å². The maximum Gasteiger partial charge on any atom is 0.289 e. The van der Waals surface area contributed by atoms with Crippen LogP contribution in [0, 0.1) is 5.92 Å². The van der Waals surface area contributed by atoms with Crippen LogP contribution < -0.4 is 10.6 Å². The highest BCUT2D eigenvalue weighted by atomic mass is 19.3. The minimum atomic E-state index is -2.70. The third-order valence-electron chi connectivity index (χ3n) is 7.07. The van der Waals surface area contributed by atoms with E-state index in [-0.39, 0.29) is 49.5 Å². The van der Waals surface area contributed by atoms with E-state index in [0.29, 0.717) is 36.6 Å². The van der Waals surface area contributed by atoms with E-state index >= 15 is 0 Å². The summed E-state index contributed by atoms with van der Waals surface area (Å²) in [5.41, 5.74) is 1.17. The molecule has 1 amide bonds. The molecule has 0 bridgehead atoms. The average Bonchev–Trinajstić information content (AvgIpc) is 3.50. The Balaban J connectivity index is 1.44. The van der Waals surface area contributed by atoms with Crippen LogP contribution in [-0.2, 0) is 0 Å². The molecule has 3 aromatic rings. The quantitative estimate of drug-likeness (QED) is 0.467. The number of nitrogens with one attached hydrogen (secondary N) is 2. The molecule has 0 unspecified atom stereocenters. The van der Waals surface area contributed by atoms with Gasteiger partial charge in [-0.25, -0.2) is 32.9 Å². The largest absolute Gasteiger partial charge is 0.393 e. The third-order valence-corrected chi connectivity index (χ3v) is 7.07. The van der Waals surface area contributed by atoms with Crippen molar-refractivity contribution in [2.45, 2.75) is 82.5 Å². The fourth-order valence-electron chi connectivity index (χ4n) is 5.07. The normalized spacial score (nSPS) is 23.7. The van der Waals surface area contributed by atoms with Gasteiger partial charge in [0, 0.05) is 18.9 Å². The number of halogens is 2. The number of aliphatic hydroxyl groups is 1. The van der Waals surface area contributed by atoms with Crippen LogP contribution in [0.2, 0.25) is 0 Å². The van der Waals surface area contributed by atoms with Crippen molar-refractivity contribution in [3.63, 3.8) is 0 Å². The number of rotatable bonds is 6. The summed E-state index contributed by atoms with van der Waals surface area (Å²) in [5.74, 6) is -2.88. The number of amides is 1. The fourth-order valence-corrected chi connectivity index (χ4v) is 5.07. The molecule has 36 heavy (non-hydrogen) atoms. The highest BCUT2D eigenvalue weighted by molar-refractivity contribution is 5.90. The molecule has 11 nitrogen and oxygen atoms in total. The summed E-state index contributed by atoms with van der Waals surface area (Å²) in [5, 5.41) is 24.9. The lowest BCUT2D eigenvalue weighted by molar-refractivity contribution is -0.0495. The molecular weight excluding hydrogens is 472 g/mol. The Morgan fingerprint density at radius 1 is 1.22 bits per heavy atom. The molecule has 2 fully saturated rings. The van der Waals surface area contributed by atoms with Gasteiger partial charge in [-0.1, -0.05) is 0 Å². The lowest BCUT2D eigenvalue weighted by Gasteiger charge is -2.33. The molecular formula is C23H31F2N9O2. The first-order chi connectivity index (χ1) is 17.2. The van der Waals surface area contributed by atoms with Gasteiger partial charge in [0.25, 0.3) is 11.7 Å². The summed E-state index contributed by atoms with van der Waals surface area (Å²) < 4.78 is 30.9. The second-order valence-electron chi connectivity index (χ2n) is 10.0. The van der Waals surface area contributed by atoms with E-state index in [2.05, 4.69) is 35.8 Å². The van der Waals surface area contributed by atoms with Gasteiger partial charge in [-0.2, -0.15) is 10.2 Å². The number of hydrogen-bond acceptors (Lipinski definition) is 8. The zero-order valence-electron chi connectivity index (χ0n) is 20.3. The Kier molecular flexibility index (Phi) is 6.68. The Bertz CT molecular complexity index is 1220. The average molecular weight is 504 g/mol. The van der Waals surface area contributed by atoms with Crippen LogP contribution in [-0.4, -0.2) is 63.9 Å². The maximum atomic E-state index is 13.9. The summed E-state index contributed by atoms with van der Waals surface area (Å²) in [4.78, 5) is 26.6. The predicted octanol–water partition coefficient (Wildman–Crippen LogP) is 2.38. The minimum Gasteiger partial charge on any atom is -0.393 e. The zero-order chi connectivity index (χ0) is 25.4. The maximum absolute atomic E-state index is 13.9. The van der Waals surface area contributed by atoms with Crippen LogP contribution in [0.15, 0.2) is 18.7 Å². The molecule has 0 aromatic carbocycles. The monoisotopic (exact) mass is 503 g/mol. The Hall–Kier alpha value is -3.06. The predicted molar refractivity (Wildman–Crippen MR) is 124 cm³/mol. The van der Waals surface area contributed by atoms with Crippen molar-refractivity contribution in [1.29, 1.82) is 0 Å². The van der Waals surface area contributed by atoms with Gasteiger partial charge in [-0.05, 0) is 52.0 Å². The van der Waals surface area contributed by atoms with Gasteiger partial charge in [-0.15, -0.1) is 0 Å². The van der Waals surface area contributed by atoms with E-state index < -0.39 is 24.0 Å². The van der Waals surface area contributed by atoms with Crippen molar-refractivity contribution in [2.24, 2.45) is 5.92 Å². The van der Waals surface area contributed by atoms with E-state index in [1.54, 1.807) is 12.4 Å². The molecule has 13 heteroatoms. The molecule has 3 N–H and O–H groups in total. The van der Waals surface area contributed by atoms with Gasteiger partial charge in [0.2, 0.25) is 11.7 Å². The first kappa shape index (κ1) is 24.6. The summed E-state index contributed by atoms with van der Waals surface area (Å²) in [6.07, 6.45) is 5.47. The van der Waals surface area contributed by atoms with Crippen molar-refractivity contribution in [1.82, 2.24) is 45.0 Å². The zero-order valence-corrected chi connectivity index (χ0v) is 20.3. The molecule has 3 atom stereocenters. The lowest BCUT2D eigenvalue weighted by atomic mass is 9.81. The second-order valence-corrected chi connectivity index (χ2v) is 10.0. The van der Waals surface area contributed by atoms with Gasteiger partial charge < -0.3 is 15.7 Å². The van der Waals surface area contributed by atoms with Gasteiger partial charge >= 0.3 is 0 Å². The van der Waals surface area contributed by atoms with Crippen molar-refractivity contribution in [3.8, 4) is 0 Å². The molecule has 1 aliphatic carbocycles. The number of carbonyl (C=O) groups is 1. The molecule has 194 valence electrons. The highest BCUT2D eigenvalue weighted by Crippen LogP contribution is 2.41. The third kappa shape index (κ3) is 5.07. The second kappa shape index (κ2) is 9.77. The van der Waals surface area contributed by atoms with Gasteiger partial charge in [0.1, 0.15) is 6.33 Å². The van der Waals surface area contributed by atoms with Crippen LogP contribution in [0.5, 0.6) is 0 Å². The molecule has 3 aromatic heterocycles. The number of fused-ring (bicyclic) bond motifs is 1. The van der Waals surface area contributed by atoms with Crippen molar-refractivity contribution < 1.29 is 18.7 Å². The Labute approximate surface area is 206 Å². The number of piperidine rings is 1. The highest BCUT2D eigenvalue weighted by Gasteiger charge is 2.40. The van der Waals surface area contributed by atoms with E-state index in [0.717, 1.165) is 0 Å². The van der Waals surface area contributed by atoms with Gasteiger partial charge in [0.15, 0.2) is 0 Å². The molecule has 1 saturated heterocycles. The first-order valence-electron chi connectivity index (χ1n) is 12.4. The molecule has 2 aliphatic rings. The molecule has 4 heterocycles. The van der Waals surface area contributed by atoms with E-state index in [1.807, 2.05) is 13.8 Å². The number of imidazole rings is 1. The van der Waals surface area contributed by atoms with E-state index in [1.165, 1.54) is 15.5 Å². The summed E-state index contributed by atoms with van der Waals surface area (Å²) in [6.45, 7) is 4.46. The van der Waals surface area contributed by atoms with Crippen LogP contribution >= 0.6 is 0 Å². The summed E-state index contributed by atoms with van der Waals surface area (Å²) >= 11 is 0. The smallest absolute Gasteiger partial charge is 0.289 e. The number of nitrogens with zero attached hydrogens (tertiary/aromatic N) is 7. The number of carbonyl (C=O) groups excluding carboxylic acids is 1. The number of aromatic nitrogens is 7.